The molecule has 0 aliphatic heterocycles. The predicted octanol–water partition coefficient (Wildman–Crippen LogP) is 3.80. The Morgan fingerprint density at radius 1 is 1.11 bits per heavy atom. The van der Waals surface area contributed by atoms with E-state index >= 15 is 0 Å². The third-order valence-electron chi connectivity index (χ3n) is 2.62. The van der Waals surface area contributed by atoms with Gasteiger partial charge in [-0.2, -0.15) is 4.39 Å². The van der Waals surface area contributed by atoms with Gasteiger partial charge in [0.1, 0.15) is 6.61 Å². The standard InChI is InChI=1S/C14H11BrF2O2/c15-11-6-12(14(17)13(16)10(11)7-18)19-8-9-4-2-1-3-5-9/h1-6,18H,7-8H2. The molecule has 0 aliphatic rings. The summed E-state index contributed by atoms with van der Waals surface area (Å²) in [6, 6.07) is 10.5. The van der Waals surface area contributed by atoms with Gasteiger partial charge in [0.25, 0.3) is 0 Å². The van der Waals surface area contributed by atoms with Gasteiger partial charge in [0.05, 0.1) is 6.61 Å². The van der Waals surface area contributed by atoms with Crippen LogP contribution in [0.1, 0.15) is 11.1 Å². The Labute approximate surface area is 117 Å². The zero-order chi connectivity index (χ0) is 13.8. The van der Waals surface area contributed by atoms with E-state index in [4.69, 9.17) is 9.84 Å². The molecule has 2 nitrogen and oxygen atoms in total. The summed E-state index contributed by atoms with van der Waals surface area (Å²) in [4.78, 5) is 0. The van der Waals surface area contributed by atoms with E-state index in [1.165, 1.54) is 6.07 Å². The Morgan fingerprint density at radius 2 is 1.79 bits per heavy atom. The fourth-order valence-corrected chi connectivity index (χ4v) is 2.10. The minimum absolute atomic E-state index is 0.121. The molecule has 2 rings (SSSR count). The van der Waals surface area contributed by atoms with E-state index in [0.29, 0.717) is 0 Å². The van der Waals surface area contributed by atoms with Crippen molar-refractivity contribution in [2.45, 2.75) is 13.2 Å². The van der Waals surface area contributed by atoms with Crippen LogP contribution in [0.4, 0.5) is 8.78 Å². The highest BCUT2D eigenvalue weighted by Crippen LogP contribution is 2.30. The van der Waals surface area contributed by atoms with Crippen LogP contribution in [0.5, 0.6) is 5.75 Å². The topological polar surface area (TPSA) is 29.5 Å². The quantitative estimate of drug-likeness (QED) is 0.865. The van der Waals surface area contributed by atoms with Gasteiger partial charge in [0, 0.05) is 10.0 Å². The van der Waals surface area contributed by atoms with E-state index in [-0.39, 0.29) is 22.4 Å². The molecular formula is C14H11BrF2O2. The Hall–Kier alpha value is -1.46. The van der Waals surface area contributed by atoms with E-state index in [1.54, 1.807) is 0 Å². The van der Waals surface area contributed by atoms with Gasteiger partial charge < -0.3 is 9.84 Å². The number of benzene rings is 2. The lowest BCUT2D eigenvalue weighted by Crippen LogP contribution is -2.02. The fourth-order valence-electron chi connectivity index (χ4n) is 1.60. The first-order chi connectivity index (χ1) is 9.13. The number of hydrogen-bond donors (Lipinski definition) is 1. The molecule has 0 atom stereocenters. The molecule has 0 aromatic heterocycles. The Morgan fingerprint density at radius 3 is 2.42 bits per heavy atom. The molecule has 0 fully saturated rings. The second-order valence-electron chi connectivity index (χ2n) is 3.90. The monoisotopic (exact) mass is 328 g/mol. The second-order valence-corrected chi connectivity index (χ2v) is 4.75. The molecule has 1 N–H and O–H groups in total. The minimum Gasteiger partial charge on any atom is -0.486 e. The lowest BCUT2D eigenvalue weighted by Gasteiger charge is -2.11. The van der Waals surface area contributed by atoms with Crippen LogP contribution in [0, 0.1) is 11.6 Å². The maximum Gasteiger partial charge on any atom is 0.201 e. The van der Waals surface area contributed by atoms with Crippen LogP contribution in [0.15, 0.2) is 40.9 Å². The van der Waals surface area contributed by atoms with Gasteiger partial charge in [-0.25, -0.2) is 4.39 Å². The summed E-state index contributed by atoms with van der Waals surface area (Å²) in [5.74, 6) is -2.38. The van der Waals surface area contributed by atoms with Gasteiger partial charge in [0.15, 0.2) is 11.6 Å². The highest BCUT2D eigenvalue weighted by atomic mass is 79.9. The molecule has 19 heavy (non-hydrogen) atoms. The number of hydrogen-bond acceptors (Lipinski definition) is 2. The molecule has 0 heterocycles. The predicted molar refractivity (Wildman–Crippen MR) is 70.8 cm³/mol. The second kappa shape index (κ2) is 6.12. The molecule has 0 saturated carbocycles. The van der Waals surface area contributed by atoms with Crippen LogP contribution in [0.3, 0.4) is 0 Å². The van der Waals surface area contributed by atoms with Gasteiger partial charge in [-0.3, -0.25) is 0 Å². The third kappa shape index (κ3) is 3.11. The summed E-state index contributed by atoms with van der Waals surface area (Å²) in [6.45, 7) is -0.440. The summed E-state index contributed by atoms with van der Waals surface area (Å²) in [5, 5.41) is 8.95. The molecule has 0 bridgehead atoms. The van der Waals surface area contributed by atoms with E-state index in [0.717, 1.165) is 5.56 Å². The molecule has 0 saturated heterocycles. The molecule has 2 aromatic rings. The molecule has 0 amide bonds. The number of halogens is 3. The van der Waals surface area contributed by atoms with Crippen LogP contribution in [-0.2, 0) is 13.2 Å². The molecule has 0 radical (unpaired) electrons. The zero-order valence-corrected chi connectivity index (χ0v) is 11.5. The van der Waals surface area contributed by atoms with Crippen LogP contribution in [-0.4, -0.2) is 5.11 Å². The van der Waals surface area contributed by atoms with Crippen molar-refractivity contribution in [3.05, 3.63) is 63.6 Å². The van der Waals surface area contributed by atoms with Gasteiger partial charge in [0.2, 0.25) is 5.82 Å². The molecule has 2 aromatic carbocycles. The average Bonchev–Trinajstić information content (AvgIpc) is 2.43. The molecule has 5 heteroatoms. The summed E-state index contributed by atoms with van der Waals surface area (Å²) in [6.07, 6.45) is 0. The Balaban J connectivity index is 2.22. The van der Waals surface area contributed by atoms with Crippen molar-refractivity contribution < 1.29 is 18.6 Å². The van der Waals surface area contributed by atoms with Crippen molar-refractivity contribution in [2.24, 2.45) is 0 Å². The van der Waals surface area contributed by atoms with E-state index < -0.39 is 18.2 Å². The summed E-state index contributed by atoms with van der Waals surface area (Å²) < 4.78 is 32.8. The molecular weight excluding hydrogens is 318 g/mol. The highest BCUT2D eigenvalue weighted by molar-refractivity contribution is 9.10. The maximum absolute atomic E-state index is 13.7. The number of aliphatic hydroxyl groups excluding tert-OH is 1. The highest BCUT2D eigenvalue weighted by Gasteiger charge is 2.17. The molecule has 0 aliphatic carbocycles. The van der Waals surface area contributed by atoms with E-state index in [1.807, 2.05) is 30.3 Å². The first-order valence-corrected chi connectivity index (χ1v) is 6.36. The molecule has 0 spiro atoms. The van der Waals surface area contributed by atoms with Crippen molar-refractivity contribution in [2.75, 3.05) is 0 Å². The van der Waals surface area contributed by atoms with Crippen molar-refractivity contribution in [3.8, 4) is 5.75 Å². The van der Waals surface area contributed by atoms with E-state index in [2.05, 4.69) is 15.9 Å². The van der Waals surface area contributed by atoms with Gasteiger partial charge in [-0.05, 0) is 11.6 Å². The Kier molecular flexibility index (Phi) is 4.50. The summed E-state index contributed by atoms with van der Waals surface area (Å²) in [7, 11) is 0. The molecule has 0 unspecified atom stereocenters. The normalized spacial score (nSPS) is 10.5. The number of rotatable bonds is 4. The average molecular weight is 329 g/mol. The first-order valence-electron chi connectivity index (χ1n) is 5.57. The van der Waals surface area contributed by atoms with Crippen LogP contribution < -0.4 is 4.74 Å². The van der Waals surface area contributed by atoms with Crippen molar-refractivity contribution in [1.82, 2.24) is 0 Å². The van der Waals surface area contributed by atoms with Crippen molar-refractivity contribution in [1.29, 1.82) is 0 Å². The summed E-state index contributed by atoms with van der Waals surface area (Å²) >= 11 is 3.07. The van der Waals surface area contributed by atoms with Crippen LogP contribution in [0.2, 0.25) is 0 Å². The SMILES string of the molecule is OCc1c(Br)cc(OCc2ccccc2)c(F)c1F. The number of ether oxygens (including phenoxy) is 1. The Bertz CT molecular complexity index is 573. The number of aliphatic hydroxyl groups is 1. The van der Waals surface area contributed by atoms with E-state index in [9.17, 15) is 8.78 Å². The zero-order valence-electron chi connectivity index (χ0n) is 9.87. The minimum atomic E-state index is -1.10. The van der Waals surface area contributed by atoms with Crippen LogP contribution >= 0.6 is 15.9 Å². The van der Waals surface area contributed by atoms with Crippen molar-refractivity contribution in [3.63, 3.8) is 0 Å². The molecule has 100 valence electrons. The summed E-state index contributed by atoms with van der Waals surface area (Å²) in [5.41, 5.74) is 0.731. The lowest BCUT2D eigenvalue weighted by atomic mass is 10.2. The maximum atomic E-state index is 13.7. The first kappa shape index (κ1) is 14.0. The van der Waals surface area contributed by atoms with Crippen molar-refractivity contribution >= 4 is 15.9 Å². The third-order valence-corrected chi connectivity index (χ3v) is 3.32. The van der Waals surface area contributed by atoms with Gasteiger partial charge in [-0.15, -0.1) is 0 Å². The van der Waals surface area contributed by atoms with Gasteiger partial charge in [-0.1, -0.05) is 46.3 Å². The fraction of sp³-hybridized carbons (Fsp3) is 0.143. The van der Waals surface area contributed by atoms with Crippen LogP contribution in [0.25, 0.3) is 0 Å². The smallest absolute Gasteiger partial charge is 0.201 e. The lowest BCUT2D eigenvalue weighted by molar-refractivity contribution is 0.263. The van der Waals surface area contributed by atoms with Gasteiger partial charge >= 0.3 is 0 Å². The largest absolute Gasteiger partial charge is 0.486 e.